The fourth-order valence-corrected chi connectivity index (χ4v) is 3.34. The summed E-state index contributed by atoms with van der Waals surface area (Å²) < 4.78 is 18.5. The molecule has 2 unspecified atom stereocenters. The molecule has 20 heavy (non-hydrogen) atoms. The summed E-state index contributed by atoms with van der Waals surface area (Å²) in [4.78, 5) is 13.0. The standard InChI is InChI=1S/C14H19FN2O2S/c1-19-10(8-16)7-14(18)17-12-4-5-20-13-3-2-9(15)6-11(12)13/h2-3,6,10,12H,4-5,7-8,16H2,1H3,(H,17,18). The third kappa shape index (κ3) is 3.71. The van der Waals surface area contributed by atoms with Gasteiger partial charge in [-0.2, -0.15) is 0 Å². The van der Waals surface area contributed by atoms with E-state index in [4.69, 9.17) is 10.5 Å². The third-order valence-corrected chi connectivity index (χ3v) is 4.48. The van der Waals surface area contributed by atoms with E-state index in [0.717, 1.165) is 22.6 Å². The molecule has 6 heteroatoms. The molecule has 0 saturated carbocycles. The van der Waals surface area contributed by atoms with Gasteiger partial charge in [-0.05, 0) is 30.2 Å². The molecular formula is C14H19FN2O2S. The molecule has 1 aromatic rings. The molecule has 1 heterocycles. The number of nitrogens with one attached hydrogen (secondary N) is 1. The van der Waals surface area contributed by atoms with Crippen molar-refractivity contribution >= 4 is 17.7 Å². The summed E-state index contributed by atoms with van der Waals surface area (Å²) in [7, 11) is 1.53. The van der Waals surface area contributed by atoms with E-state index in [9.17, 15) is 9.18 Å². The molecule has 2 rings (SSSR count). The van der Waals surface area contributed by atoms with Crippen LogP contribution in [0.3, 0.4) is 0 Å². The van der Waals surface area contributed by atoms with Gasteiger partial charge in [-0.25, -0.2) is 4.39 Å². The van der Waals surface area contributed by atoms with Crippen molar-refractivity contribution in [3.05, 3.63) is 29.6 Å². The highest BCUT2D eigenvalue weighted by molar-refractivity contribution is 7.99. The molecule has 0 saturated heterocycles. The van der Waals surface area contributed by atoms with Crippen LogP contribution in [0.15, 0.2) is 23.1 Å². The van der Waals surface area contributed by atoms with Crippen molar-refractivity contribution in [3.63, 3.8) is 0 Å². The van der Waals surface area contributed by atoms with Gasteiger partial charge in [-0.1, -0.05) is 0 Å². The molecular weight excluding hydrogens is 279 g/mol. The molecule has 4 nitrogen and oxygen atoms in total. The monoisotopic (exact) mass is 298 g/mol. The largest absolute Gasteiger partial charge is 0.380 e. The van der Waals surface area contributed by atoms with Crippen LogP contribution >= 0.6 is 11.8 Å². The highest BCUT2D eigenvalue weighted by Gasteiger charge is 2.23. The normalized spacial score (nSPS) is 19.2. The first-order valence-electron chi connectivity index (χ1n) is 6.58. The maximum atomic E-state index is 13.4. The SMILES string of the molecule is COC(CN)CC(=O)NC1CCSc2ccc(F)cc21. The van der Waals surface area contributed by atoms with Crippen molar-refractivity contribution in [2.24, 2.45) is 5.73 Å². The predicted octanol–water partition coefficient (Wildman–Crippen LogP) is 1.84. The van der Waals surface area contributed by atoms with Crippen LogP contribution in [0.4, 0.5) is 4.39 Å². The topological polar surface area (TPSA) is 64.3 Å². The Morgan fingerprint density at radius 2 is 2.45 bits per heavy atom. The van der Waals surface area contributed by atoms with Crippen LogP contribution in [0.2, 0.25) is 0 Å². The van der Waals surface area contributed by atoms with E-state index in [1.54, 1.807) is 17.8 Å². The maximum Gasteiger partial charge on any atom is 0.223 e. The van der Waals surface area contributed by atoms with Gasteiger partial charge in [0, 0.05) is 24.3 Å². The molecule has 0 bridgehead atoms. The van der Waals surface area contributed by atoms with Crippen LogP contribution in [0.25, 0.3) is 0 Å². The van der Waals surface area contributed by atoms with Crippen LogP contribution in [-0.4, -0.2) is 31.4 Å². The summed E-state index contributed by atoms with van der Waals surface area (Å²) in [5.41, 5.74) is 6.36. The fraction of sp³-hybridized carbons (Fsp3) is 0.500. The van der Waals surface area contributed by atoms with Gasteiger partial charge in [0.2, 0.25) is 5.91 Å². The smallest absolute Gasteiger partial charge is 0.223 e. The number of thioether (sulfide) groups is 1. The number of carbonyl (C=O) groups is 1. The number of amides is 1. The molecule has 0 aromatic heterocycles. The molecule has 0 aliphatic carbocycles. The van der Waals surface area contributed by atoms with Crippen molar-refractivity contribution in [1.82, 2.24) is 5.32 Å². The number of hydrogen-bond donors (Lipinski definition) is 2. The molecule has 110 valence electrons. The Hall–Kier alpha value is -1.11. The second kappa shape index (κ2) is 7.06. The zero-order valence-corrected chi connectivity index (χ0v) is 12.2. The molecule has 1 amide bonds. The lowest BCUT2D eigenvalue weighted by Gasteiger charge is -2.26. The lowest BCUT2D eigenvalue weighted by atomic mass is 10.0. The van der Waals surface area contributed by atoms with Crippen molar-refractivity contribution < 1.29 is 13.9 Å². The van der Waals surface area contributed by atoms with Crippen LogP contribution in [0, 0.1) is 5.82 Å². The van der Waals surface area contributed by atoms with Crippen LogP contribution in [0.5, 0.6) is 0 Å². The molecule has 1 aliphatic rings. The van der Waals surface area contributed by atoms with E-state index in [0.29, 0.717) is 6.54 Å². The van der Waals surface area contributed by atoms with Gasteiger partial charge in [0.05, 0.1) is 18.6 Å². The predicted molar refractivity (Wildman–Crippen MR) is 77.1 cm³/mol. The lowest BCUT2D eigenvalue weighted by molar-refractivity contribution is -0.124. The summed E-state index contributed by atoms with van der Waals surface area (Å²) >= 11 is 1.69. The number of nitrogens with two attached hydrogens (primary N) is 1. The maximum absolute atomic E-state index is 13.4. The van der Waals surface area contributed by atoms with E-state index in [-0.39, 0.29) is 30.3 Å². The molecule has 0 spiro atoms. The van der Waals surface area contributed by atoms with Crippen LogP contribution in [0.1, 0.15) is 24.4 Å². The Kier molecular flexibility index (Phi) is 5.39. The third-order valence-electron chi connectivity index (χ3n) is 3.36. The van der Waals surface area contributed by atoms with Gasteiger partial charge < -0.3 is 15.8 Å². The van der Waals surface area contributed by atoms with Crippen molar-refractivity contribution in [2.45, 2.75) is 29.9 Å². The number of carbonyl (C=O) groups excluding carboxylic acids is 1. The fourth-order valence-electron chi connectivity index (χ4n) is 2.24. The summed E-state index contributed by atoms with van der Waals surface area (Å²) in [6.07, 6.45) is 0.744. The number of rotatable bonds is 5. The summed E-state index contributed by atoms with van der Waals surface area (Å²) in [5, 5.41) is 2.95. The van der Waals surface area contributed by atoms with Gasteiger partial charge in [0.15, 0.2) is 0 Å². The van der Waals surface area contributed by atoms with Crippen molar-refractivity contribution in [2.75, 3.05) is 19.4 Å². The second-order valence-corrected chi connectivity index (χ2v) is 5.87. The Bertz CT molecular complexity index is 480. The highest BCUT2D eigenvalue weighted by atomic mass is 32.2. The second-order valence-electron chi connectivity index (χ2n) is 4.74. The van der Waals surface area contributed by atoms with Gasteiger partial charge in [-0.3, -0.25) is 4.79 Å². The highest BCUT2D eigenvalue weighted by Crippen LogP contribution is 2.36. The molecule has 0 radical (unpaired) electrons. The molecule has 1 aliphatic heterocycles. The van der Waals surface area contributed by atoms with E-state index in [1.165, 1.54) is 19.2 Å². The average molecular weight is 298 g/mol. The minimum atomic E-state index is -0.278. The van der Waals surface area contributed by atoms with Crippen molar-refractivity contribution in [3.8, 4) is 0 Å². The van der Waals surface area contributed by atoms with Gasteiger partial charge >= 0.3 is 0 Å². The van der Waals surface area contributed by atoms with E-state index >= 15 is 0 Å². The minimum absolute atomic E-state index is 0.116. The van der Waals surface area contributed by atoms with Gasteiger partial charge in [0.25, 0.3) is 0 Å². The lowest BCUT2D eigenvalue weighted by Crippen LogP contribution is -2.35. The Labute approximate surface area is 122 Å². The average Bonchev–Trinajstić information content (AvgIpc) is 2.45. The zero-order valence-electron chi connectivity index (χ0n) is 11.4. The Morgan fingerprint density at radius 1 is 1.65 bits per heavy atom. The zero-order chi connectivity index (χ0) is 14.5. The molecule has 1 aromatic carbocycles. The number of ether oxygens (including phenoxy) is 1. The number of benzene rings is 1. The van der Waals surface area contributed by atoms with Gasteiger partial charge in [0.1, 0.15) is 5.82 Å². The summed E-state index contributed by atoms with van der Waals surface area (Å²) in [6.45, 7) is 0.301. The number of methoxy groups -OCH3 is 1. The van der Waals surface area contributed by atoms with Crippen LogP contribution < -0.4 is 11.1 Å². The first-order valence-corrected chi connectivity index (χ1v) is 7.57. The first kappa shape index (κ1) is 15.3. The number of hydrogen-bond acceptors (Lipinski definition) is 4. The summed E-state index contributed by atoms with van der Waals surface area (Å²) in [5.74, 6) is 0.519. The van der Waals surface area contributed by atoms with E-state index < -0.39 is 0 Å². The first-order chi connectivity index (χ1) is 9.63. The minimum Gasteiger partial charge on any atom is -0.380 e. The van der Waals surface area contributed by atoms with E-state index in [2.05, 4.69) is 5.32 Å². The number of fused-ring (bicyclic) bond motifs is 1. The van der Waals surface area contributed by atoms with Crippen molar-refractivity contribution in [1.29, 1.82) is 0 Å². The number of halogens is 1. The Balaban J connectivity index is 2.04. The van der Waals surface area contributed by atoms with Gasteiger partial charge in [-0.15, -0.1) is 11.8 Å². The van der Waals surface area contributed by atoms with Crippen LogP contribution in [-0.2, 0) is 9.53 Å². The quantitative estimate of drug-likeness (QED) is 0.870. The molecule has 2 atom stereocenters. The summed E-state index contributed by atoms with van der Waals surface area (Å²) in [6, 6.07) is 4.59. The Morgan fingerprint density at radius 3 is 3.15 bits per heavy atom. The van der Waals surface area contributed by atoms with E-state index in [1.807, 2.05) is 0 Å². The molecule has 3 N–H and O–H groups in total. The molecule has 0 fully saturated rings.